The Labute approximate surface area is 120 Å². The van der Waals surface area contributed by atoms with Crippen molar-refractivity contribution in [1.29, 1.82) is 0 Å². The van der Waals surface area contributed by atoms with Gasteiger partial charge in [-0.05, 0) is 13.8 Å². The summed E-state index contributed by atoms with van der Waals surface area (Å²) >= 11 is 0. The van der Waals surface area contributed by atoms with E-state index in [1.54, 1.807) is 19.6 Å². The van der Waals surface area contributed by atoms with E-state index in [0.717, 1.165) is 18.5 Å². The van der Waals surface area contributed by atoms with E-state index >= 15 is 0 Å². The molecule has 0 aliphatic heterocycles. The summed E-state index contributed by atoms with van der Waals surface area (Å²) in [5, 5.41) is 3.24. The second-order valence-electron chi connectivity index (χ2n) is 5.44. The molecule has 20 heavy (non-hydrogen) atoms. The first-order valence-electron chi connectivity index (χ1n) is 6.41. The summed E-state index contributed by atoms with van der Waals surface area (Å²) in [6.07, 6.45) is 4.64. The molecule has 7 nitrogen and oxygen atoms in total. The fourth-order valence-corrected chi connectivity index (χ4v) is 3.06. The van der Waals surface area contributed by atoms with Crippen molar-refractivity contribution in [3.63, 3.8) is 0 Å². The van der Waals surface area contributed by atoms with Crippen LogP contribution < -0.4 is 10.0 Å². The number of methoxy groups -OCH3 is 1. The van der Waals surface area contributed by atoms with Crippen LogP contribution in [0.4, 0.5) is 0 Å². The third-order valence-corrected chi connectivity index (χ3v) is 3.54. The molecule has 1 aromatic rings. The van der Waals surface area contributed by atoms with Gasteiger partial charge in [-0.25, -0.2) is 18.1 Å². The van der Waals surface area contributed by atoms with E-state index in [1.807, 2.05) is 18.4 Å². The summed E-state index contributed by atoms with van der Waals surface area (Å²) in [5.41, 5.74) is 0.430. The van der Waals surface area contributed by atoms with Gasteiger partial charge in [0.1, 0.15) is 0 Å². The number of ether oxygens (including phenoxy) is 1. The van der Waals surface area contributed by atoms with Crippen molar-refractivity contribution in [1.82, 2.24) is 19.6 Å². The molecule has 0 saturated carbocycles. The van der Waals surface area contributed by atoms with E-state index in [-0.39, 0.29) is 0 Å². The van der Waals surface area contributed by atoms with E-state index in [2.05, 4.69) is 15.0 Å². The van der Waals surface area contributed by atoms with E-state index in [4.69, 9.17) is 4.74 Å². The summed E-state index contributed by atoms with van der Waals surface area (Å²) in [6, 6.07) is 0. The zero-order valence-corrected chi connectivity index (χ0v) is 13.3. The summed E-state index contributed by atoms with van der Waals surface area (Å²) < 4.78 is 32.2. The number of imidazole rings is 1. The maximum atomic E-state index is 11.3. The molecule has 0 unspecified atom stereocenters. The first kappa shape index (κ1) is 17.1. The van der Waals surface area contributed by atoms with Gasteiger partial charge in [0.2, 0.25) is 10.0 Å². The molecule has 0 fully saturated rings. The Morgan fingerprint density at radius 3 is 2.75 bits per heavy atom. The predicted molar refractivity (Wildman–Crippen MR) is 77.9 cm³/mol. The quantitative estimate of drug-likeness (QED) is 0.625. The molecule has 0 amide bonds. The number of aromatic nitrogens is 2. The summed E-state index contributed by atoms with van der Waals surface area (Å²) in [7, 11) is -1.58. The number of nitrogens with zero attached hydrogens (tertiary/aromatic N) is 2. The molecule has 0 aromatic carbocycles. The van der Waals surface area contributed by atoms with Gasteiger partial charge in [-0.3, -0.25) is 0 Å². The van der Waals surface area contributed by atoms with Crippen LogP contribution in [-0.4, -0.2) is 50.0 Å². The molecule has 1 heterocycles. The third kappa shape index (κ3) is 6.47. The zero-order valence-electron chi connectivity index (χ0n) is 12.5. The molecule has 0 radical (unpaired) electrons. The smallest absolute Gasteiger partial charge is 0.209 e. The van der Waals surface area contributed by atoms with Gasteiger partial charge in [-0.1, -0.05) is 0 Å². The van der Waals surface area contributed by atoms with Gasteiger partial charge in [-0.2, -0.15) is 0 Å². The number of hydrogen-bond donors (Lipinski definition) is 2. The lowest BCUT2D eigenvalue weighted by Gasteiger charge is -2.26. The molecule has 0 aliphatic rings. The van der Waals surface area contributed by atoms with Crippen LogP contribution in [-0.2, 0) is 27.8 Å². The van der Waals surface area contributed by atoms with Crippen molar-refractivity contribution in [2.24, 2.45) is 0 Å². The Morgan fingerprint density at radius 2 is 2.15 bits per heavy atom. The maximum Gasteiger partial charge on any atom is 0.209 e. The Bertz CT molecular complexity index is 511. The molecule has 116 valence electrons. The fourth-order valence-electron chi connectivity index (χ4n) is 1.99. The molecular weight excluding hydrogens is 280 g/mol. The molecule has 0 bridgehead atoms. The third-order valence-electron chi connectivity index (χ3n) is 2.61. The highest BCUT2D eigenvalue weighted by Crippen LogP contribution is 2.10. The average Bonchev–Trinajstić information content (AvgIpc) is 2.67. The highest BCUT2D eigenvalue weighted by Gasteiger charge is 2.23. The highest BCUT2D eigenvalue weighted by atomic mass is 32.2. The minimum absolute atomic E-state index is 0.515. The van der Waals surface area contributed by atoms with Crippen LogP contribution in [0.5, 0.6) is 0 Å². The van der Waals surface area contributed by atoms with Crippen LogP contribution in [0.25, 0.3) is 0 Å². The zero-order chi connectivity index (χ0) is 15.2. The summed E-state index contributed by atoms with van der Waals surface area (Å²) in [5.74, 6) is 0. The van der Waals surface area contributed by atoms with Gasteiger partial charge in [-0.15, -0.1) is 0 Å². The van der Waals surface area contributed by atoms with E-state index < -0.39 is 15.6 Å². The van der Waals surface area contributed by atoms with Crippen LogP contribution in [0.15, 0.2) is 12.5 Å². The van der Waals surface area contributed by atoms with Crippen LogP contribution in [0.1, 0.15) is 19.5 Å². The van der Waals surface area contributed by atoms with Crippen molar-refractivity contribution in [3.8, 4) is 0 Å². The minimum Gasteiger partial charge on any atom is -0.383 e. The fraction of sp³-hybridized carbons (Fsp3) is 0.750. The Balaban J connectivity index is 2.62. The standard InChI is InChI=1S/C12H24N4O3S/c1-12(2,15-20(4,17)18)9-16-10-14-8-11(16)7-13-5-6-19-3/h8,10,13,15H,5-7,9H2,1-4H3. The lowest BCUT2D eigenvalue weighted by molar-refractivity contribution is 0.199. The van der Waals surface area contributed by atoms with Crippen molar-refractivity contribution in [3.05, 3.63) is 18.2 Å². The normalized spacial score (nSPS) is 12.8. The lowest BCUT2D eigenvalue weighted by Crippen LogP contribution is -2.46. The first-order valence-corrected chi connectivity index (χ1v) is 8.30. The van der Waals surface area contributed by atoms with Crippen molar-refractivity contribution in [2.75, 3.05) is 26.5 Å². The van der Waals surface area contributed by atoms with Gasteiger partial charge in [0.25, 0.3) is 0 Å². The lowest BCUT2D eigenvalue weighted by atomic mass is 10.1. The largest absolute Gasteiger partial charge is 0.383 e. The molecular formula is C12H24N4O3S. The van der Waals surface area contributed by atoms with Crippen molar-refractivity contribution >= 4 is 10.0 Å². The molecule has 0 aliphatic carbocycles. The topological polar surface area (TPSA) is 85.2 Å². The number of hydrogen-bond acceptors (Lipinski definition) is 5. The maximum absolute atomic E-state index is 11.3. The minimum atomic E-state index is -3.24. The number of sulfonamides is 1. The van der Waals surface area contributed by atoms with E-state index in [9.17, 15) is 8.42 Å². The number of rotatable bonds is 9. The predicted octanol–water partition coefficient (Wildman–Crippen LogP) is -0.0531. The van der Waals surface area contributed by atoms with Gasteiger partial charge in [0.15, 0.2) is 0 Å². The molecule has 8 heteroatoms. The molecule has 1 rings (SSSR count). The Kier molecular flexibility index (Phi) is 6.12. The molecule has 0 atom stereocenters. The van der Waals surface area contributed by atoms with Gasteiger partial charge in [0, 0.05) is 38.5 Å². The van der Waals surface area contributed by atoms with E-state index in [1.165, 1.54) is 0 Å². The Hall–Kier alpha value is -0.960. The monoisotopic (exact) mass is 304 g/mol. The molecule has 0 saturated heterocycles. The second kappa shape index (κ2) is 7.16. The SMILES string of the molecule is COCCNCc1cncn1CC(C)(C)NS(C)(=O)=O. The van der Waals surface area contributed by atoms with Crippen LogP contribution in [0.3, 0.4) is 0 Å². The van der Waals surface area contributed by atoms with Gasteiger partial charge < -0.3 is 14.6 Å². The van der Waals surface area contributed by atoms with Gasteiger partial charge >= 0.3 is 0 Å². The van der Waals surface area contributed by atoms with Crippen LogP contribution in [0.2, 0.25) is 0 Å². The van der Waals surface area contributed by atoms with Gasteiger partial charge in [0.05, 0.1) is 24.9 Å². The Morgan fingerprint density at radius 1 is 1.45 bits per heavy atom. The molecule has 0 spiro atoms. The van der Waals surface area contributed by atoms with Crippen molar-refractivity contribution < 1.29 is 13.2 Å². The highest BCUT2D eigenvalue weighted by molar-refractivity contribution is 7.88. The molecule has 1 aromatic heterocycles. The van der Waals surface area contributed by atoms with Crippen LogP contribution in [0, 0.1) is 0 Å². The summed E-state index contributed by atoms with van der Waals surface area (Å²) in [4.78, 5) is 4.12. The first-order chi connectivity index (χ1) is 9.23. The summed E-state index contributed by atoms with van der Waals surface area (Å²) in [6.45, 7) is 6.27. The second-order valence-corrected chi connectivity index (χ2v) is 7.19. The average molecular weight is 304 g/mol. The number of nitrogens with one attached hydrogen (secondary N) is 2. The molecule has 2 N–H and O–H groups in total. The van der Waals surface area contributed by atoms with E-state index in [0.29, 0.717) is 19.7 Å². The van der Waals surface area contributed by atoms with Crippen molar-refractivity contribution in [2.45, 2.75) is 32.5 Å². The van der Waals surface area contributed by atoms with Crippen LogP contribution >= 0.6 is 0 Å².